The van der Waals surface area contributed by atoms with Gasteiger partial charge in [-0.3, -0.25) is 15.0 Å². The standard InChI is InChI=1S/C23H19Cl2N5O2/c24-16-6-8-19(18(12-16)23(32)29-20-9-7-17(25)13-27-20)28-22(31)15-4-2-14(3-5-15)21(26)30-10-1-11-30/h2-9,12-13,26H,1,10-11H2,(H,28,31)(H,27,29,32). The van der Waals surface area contributed by atoms with Crippen LogP contribution in [0.15, 0.2) is 60.8 Å². The average Bonchev–Trinajstić information content (AvgIpc) is 2.75. The lowest BCUT2D eigenvalue weighted by Gasteiger charge is -2.33. The molecule has 1 aromatic heterocycles. The summed E-state index contributed by atoms with van der Waals surface area (Å²) in [6.45, 7) is 1.77. The second-order valence-corrected chi connectivity index (χ2v) is 8.10. The van der Waals surface area contributed by atoms with Crippen molar-refractivity contribution in [3.63, 3.8) is 0 Å². The molecule has 0 bridgehead atoms. The van der Waals surface area contributed by atoms with Gasteiger partial charge in [-0.1, -0.05) is 35.3 Å². The fourth-order valence-corrected chi connectivity index (χ4v) is 3.43. The predicted octanol–water partition coefficient (Wildman–Crippen LogP) is 4.92. The molecule has 0 aliphatic carbocycles. The van der Waals surface area contributed by atoms with Crippen LogP contribution in [0.5, 0.6) is 0 Å². The molecular weight excluding hydrogens is 449 g/mol. The number of likely N-dealkylation sites (tertiary alicyclic amines) is 1. The van der Waals surface area contributed by atoms with Gasteiger partial charge in [-0.25, -0.2) is 4.98 Å². The first kappa shape index (κ1) is 21.8. The van der Waals surface area contributed by atoms with E-state index in [1.807, 2.05) is 4.90 Å². The monoisotopic (exact) mass is 467 g/mol. The summed E-state index contributed by atoms with van der Waals surface area (Å²) in [6.07, 6.45) is 2.51. The number of halogens is 2. The van der Waals surface area contributed by atoms with E-state index in [-0.39, 0.29) is 11.5 Å². The molecule has 0 saturated carbocycles. The Morgan fingerprint density at radius 2 is 1.56 bits per heavy atom. The zero-order valence-electron chi connectivity index (χ0n) is 16.9. The van der Waals surface area contributed by atoms with Crippen molar-refractivity contribution in [1.82, 2.24) is 9.88 Å². The van der Waals surface area contributed by atoms with Crippen molar-refractivity contribution < 1.29 is 9.59 Å². The molecule has 32 heavy (non-hydrogen) atoms. The Kier molecular flexibility index (Phi) is 6.39. The number of anilines is 2. The third kappa shape index (κ3) is 4.90. The number of rotatable bonds is 5. The lowest BCUT2D eigenvalue weighted by molar-refractivity contribution is 0.102. The number of hydrogen-bond donors (Lipinski definition) is 3. The van der Waals surface area contributed by atoms with Crippen molar-refractivity contribution in [3.8, 4) is 0 Å². The number of amides is 2. The first-order chi connectivity index (χ1) is 15.4. The maximum Gasteiger partial charge on any atom is 0.258 e. The highest BCUT2D eigenvalue weighted by Crippen LogP contribution is 2.23. The predicted molar refractivity (Wildman–Crippen MR) is 126 cm³/mol. The van der Waals surface area contributed by atoms with Crippen LogP contribution in [0.3, 0.4) is 0 Å². The van der Waals surface area contributed by atoms with E-state index in [9.17, 15) is 9.59 Å². The third-order valence-electron chi connectivity index (χ3n) is 5.04. The summed E-state index contributed by atoms with van der Waals surface area (Å²) in [4.78, 5) is 31.6. The van der Waals surface area contributed by atoms with Crippen LogP contribution in [-0.4, -0.2) is 40.6 Å². The van der Waals surface area contributed by atoms with E-state index in [1.54, 1.807) is 48.5 Å². The second-order valence-electron chi connectivity index (χ2n) is 7.23. The zero-order chi connectivity index (χ0) is 22.7. The molecule has 1 saturated heterocycles. The molecule has 0 unspecified atom stereocenters. The maximum atomic E-state index is 12.8. The van der Waals surface area contributed by atoms with E-state index >= 15 is 0 Å². The Hall–Kier alpha value is -3.42. The number of amidine groups is 1. The topological polar surface area (TPSA) is 98.2 Å². The number of nitrogens with one attached hydrogen (secondary N) is 3. The smallest absolute Gasteiger partial charge is 0.258 e. The molecule has 3 aromatic rings. The molecule has 2 amide bonds. The summed E-state index contributed by atoms with van der Waals surface area (Å²) < 4.78 is 0. The van der Waals surface area contributed by atoms with Crippen molar-refractivity contribution in [3.05, 3.63) is 87.5 Å². The summed E-state index contributed by atoms with van der Waals surface area (Å²) in [5.74, 6) is -0.0865. The zero-order valence-corrected chi connectivity index (χ0v) is 18.4. The first-order valence-corrected chi connectivity index (χ1v) is 10.6. The first-order valence-electron chi connectivity index (χ1n) is 9.88. The van der Waals surface area contributed by atoms with Crippen LogP contribution in [0, 0.1) is 5.41 Å². The van der Waals surface area contributed by atoms with Crippen LogP contribution < -0.4 is 10.6 Å². The van der Waals surface area contributed by atoms with Gasteiger partial charge in [0, 0.05) is 35.4 Å². The molecule has 1 aliphatic heterocycles. The Labute approximate surface area is 194 Å². The SMILES string of the molecule is N=C(c1ccc(C(=O)Nc2ccc(Cl)cc2C(=O)Nc2ccc(Cl)cn2)cc1)N1CCC1. The summed E-state index contributed by atoms with van der Waals surface area (Å²) >= 11 is 11.9. The average molecular weight is 468 g/mol. The molecule has 0 radical (unpaired) electrons. The largest absolute Gasteiger partial charge is 0.356 e. The molecule has 1 aliphatic rings. The van der Waals surface area contributed by atoms with Gasteiger partial charge in [0.1, 0.15) is 11.7 Å². The van der Waals surface area contributed by atoms with E-state index in [0.29, 0.717) is 32.9 Å². The quantitative estimate of drug-likeness (QED) is 0.366. The number of hydrogen-bond acceptors (Lipinski definition) is 4. The van der Waals surface area contributed by atoms with Gasteiger partial charge in [0.25, 0.3) is 11.8 Å². The minimum Gasteiger partial charge on any atom is -0.356 e. The summed E-state index contributed by atoms with van der Waals surface area (Å²) in [5.41, 5.74) is 1.66. The Balaban J connectivity index is 1.49. The van der Waals surface area contributed by atoms with Crippen molar-refractivity contribution in [2.75, 3.05) is 23.7 Å². The third-order valence-corrected chi connectivity index (χ3v) is 5.49. The number of pyridine rings is 1. The van der Waals surface area contributed by atoms with E-state index < -0.39 is 5.91 Å². The fraction of sp³-hybridized carbons (Fsp3) is 0.130. The highest BCUT2D eigenvalue weighted by atomic mass is 35.5. The Morgan fingerprint density at radius 1 is 0.875 bits per heavy atom. The van der Waals surface area contributed by atoms with Crippen molar-refractivity contribution in [1.29, 1.82) is 5.41 Å². The molecule has 3 N–H and O–H groups in total. The molecule has 7 nitrogen and oxygen atoms in total. The molecule has 2 aromatic carbocycles. The summed E-state index contributed by atoms with van der Waals surface area (Å²) in [7, 11) is 0. The second kappa shape index (κ2) is 9.38. The van der Waals surface area contributed by atoms with Gasteiger partial charge >= 0.3 is 0 Å². The summed E-state index contributed by atoms with van der Waals surface area (Å²) in [5, 5.41) is 14.4. The molecule has 9 heteroatoms. The number of carbonyl (C=O) groups is 2. The number of carbonyl (C=O) groups excluding carboxylic acids is 2. The number of aromatic nitrogens is 1. The fourth-order valence-electron chi connectivity index (χ4n) is 3.14. The highest BCUT2D eigenvalue weighted by molar-refractivity contribution is 6.31. The molecule has 2 heterocycles. The van der Waals surface area contributed by atoms with Gasteiger partial charge in [0.05, 0.1) is 16.3 Å². The normalized spacial score (nSPS) is 12.6. The lowest BCUT2D eigenvalue weighted by atomic mass is 10.1. The van der Waals surface area contributed by atoms with Gasteiger partial charge in [-0.15, -0.1) is 0 Å². The molecule has 1 fully saturated rings. The number of benzene rings is 2. The van der Waals surface area contributed by atoms with E-state index in [4.69, 9.17) is 28.6 Å². The van der Waals surface area contributed by atoms with Crippen molar-refractivity contribution in [2.45, 2.75) is 6.42 Å². The molecule has 4 rings (SSSR count). The van der Waals surface area contributed by atoms with E-state index in [2.05, 4.69) is 15.6 Å². The summed E-state index contributed by atoms with van der Waals surface area (Å²) in [6, 6.07) is 14.6. The van der Waals surface area contributed by atoms with Crippen LogP contribution in [0.25, 0.3) is 0 Å². The van der Waals surface area contributed by atoms with Crippen LogP contribution in [0.2, 0.25) is 10.0 Å². The van der Waals surface area contributed by atoms with Crippen LogP contribution >= 0.6 is 23.2 Å². The van der Waals surface area contributed by atoms with Crippen molar-refractivity contribution in [2.24, 2.45) is 0 Å². The van der Waals surface area contributed by atoms with Crippen molar-refractivity contribution >= 4 is 52.4 Å². The maximum absolute atomic E-state index is 12.8. The van der Waals surface area contributed by atoms with Crippen LogP contribution in [-0.2, 0) is 0 Å². The minimum absolute atomic E-state index is 0.193. The van der Waals surface area contributed by atoms with Gasteiger partial charge in [0.15, 0.2) is 0 Å². The minimum atomic E-state index is -0.476. The van der Waals surface area contributed by atoms with Gasteiger partial charge in [-0.05, 0) is 48.9 Å². The van der Waals surface area contributed by atoms with Gasteiger partial charge in [-0.2, -0.15) is 0 Å². The Morgan fingerprint density at radius 3 is 2.19 bits per heavy atom. The molecule has 0 spiro atoms. The molecular formula is C23H19Cl2N5O2. The van der Waals surface area contributed by atoms with Crippen LogP contribution in [0.4, 0.5) is 11.5 Å². The lowest BCUT2D eigenvalue weighted by Crippen LogP contribution is -2.42. The van der Waals surface area contributed by atoms with Crippen LogP contribution in [0.1, 0.15) is 32.7 Å². The molecule has 0 atom stereocenters. The van der Waals surface area contributed by atoms with Gasteiger partial charge in [0.2, 0.25) is 0 Å². The Bertz CT molecular complexity index is 1180. The van der Waals surface area contributed by atoms with Gasteiger partial charge < -0.3 is 15.5 Å². The van der Waals surface area contributed by atoms with E-state index in [0.717, 1.165) is 25.1 Å². The number of nitrogens with zero attached hydrogens (tertiary/aromatic N) is 2. The van der Waals surface area contributed by atoms with E-state index in [1.165, 1.54) is 12.3 Å². The highest BCUT2D eigenvalue weighted by Gasteiger charge is 2.19. The molecule has 162 valence electrons.